The number of halogens is 1. The van der Waals surface area contributed by atoms with Gasteiger partial charge in [-0.2, -0.15) is 0 Å². The molecule has 0 bridgehead atoms. The monoisotopic (exact) mass is 445 g/mol. The number of thioether (sulfide) groups is 1. The Hall–Kier alpha value is -2.19. The van der Waals surface area contributed by atoms with Gasteiger partial charge in [-0.05, 0) is 56.7 Å². The SMILES string of the molecule is CC1CCc2c(sc3nc(SCC(=O)NC(C)C)n(-c4ccccc4F)c(=O)c23)C1. The first-order valence-corrected chi connectivity index (χ1v) is 11.9. The summed E-state index contributed by atoms with van der Waals surface area (Å²) in [5.74, 6) is 0.0378. The Morgan fingerprint density at radius 2 is 2.17 bits per heavy atom. The second-order valence-electron chi connectivity index (χ2n) is 8.03. The van der Waals surface area contributed by atoms with Crippen molar-refractivity contribution in [1.29, 1.82) is 0 Å². The van der Waals surface area contributed by atoms with Crippen molar-refractivity contribution in [3.8, 4) is 5.69 Å². The fraction of sp³-hybridized carbons (Fsp3) is 0.409. The lowest BCUT2D eigenvalue weighted by atomic mass is 9.89. The number of fused-ring (bicyclic) bond motifs is 3. The zero-order chi connectivity index (χ0) is 21.4. The van der Waals surface area contributed by atoms with Gasteiger partial charge in [-0.1, -0.05) is 30.8 Å². The molecule has 1 atom stereocenters. The summed E-state index contributed by atoms with van der Waals surface area (Å²) < 4.78 is 16.0. The van der Waals surface area contributed by atoms with E-state index in [0.717, 1.165) is 36.6 Å². The van der Waals surface area contributed by atoms with Gasteiger partial charge in [0.2, 0.25) is 5.91 Å². The molecule has 0 spiro atoms. The molecule has 1 aromatic carbocycles. The first kappa shape index (κ1) is 21.1. The number of nitrogens with one attached hydrogen (secondary N) is 1. The van der Waals surface area contributed by atoms with Gasteiger partial charge in [0, 0.05) is 10.9 Å². The van der Waals surface area contributed by atoms with E-state index in [4.69, 9.17) is 4.98 Å². The lowest BCUT2D eigenvalue weighted by molar-refractivity contribution is -0.119. The summed E-state index contributed by atoms with van der Waals surface area (Å²) in [7, 11) is 0. The normalized spacial score (nSPS) is 16.1. The molecule has 2 aromatic heterocycles. The molecule has 1 N–H and O–H groups in total. The van der Waals surface area contributed by atoms with Crippen LogP contribution in [0.4, 0.5) is 4.39 Å². The van der Waals surface area contributed by atoms with E-state index in [-0.39, 0.29) is 28.9 Å². The number of hydrogen-bond acceptors (Lipinski definition) is 5. The van der Waals surface area contributed by atoms with E-state index in [1.54, 1.807) is 29.5 Å². The average molecular weight is 446 g/mol. The zero-order valence-corrected chi connectivity index (χ0v) is 18.8. The van der Waals surface area contributed by atoms with Crippen molar-refractivity contribution in [3.05, 3.63) is 50.9 Å². The number of aryl methyl sites for hydroxylation is 1. The Morgan fingerprint density at radius 1 is 1.40 bits per heavy atom. The summed E-state index contributed by atoms with van der Waals surface area (Å²) in [6.07, 6.45) is 2.81. The largest absolute Gasteiger partial charge is 0.353 e. The van der Waals surface area contributed by atoms with Crippen LogP contribution in [0.15, 0.2) is 34.2 Å². The van der Waals surface area contributed by atoms with Crippen LogP contribution in [0.25, 0.3) is 15.9 Å². The highest BCUT2D eigenvalue weighted by Gasteiger charge is 2.26. The highest BCUT2D eigenvalue weighted by atomic mass is 32.2. The van der Waals surface area contributed by atoms with Gasteiger partial charge in [-0.3, -0.25) is 14.2 Å². The third kappa shape index (κ3) is 4.03. The van der Waals surface area contributed by atoms with Crippen molar-refractivity contribution in [2.45, 2.75) is 51.2 Å². The first-order valence-electron chi connectivity index (χ1n) is 10.1. The van der Waals surface area contributed by atoms with Crippen molar-refractivity contribution < 1.29 is 9.18 Å². The maximum Gasteiger partial charge on any atom is 0.267 e. The van der Waals surface area contributed by atoms with Crippen LogP contribution in [0.3, 0.4) is 0 Å². The molecular formula is C22H24FN3O2S2. The van der Waals surface area contributed by atoms with E-state index in [1.165, 1.54) is 15.5 Å². The predicted octanol–water partition coefficient (Wildman–Crippen LogP) is 4.33. The van der Waals surface area contributed by atoms with Crippen molar-refractivity contribution in [2.24, 2.45) is 5.92 Å². The number of carbonyl (C=O) groups is 1. The first-order chi connectivity index (χ1) is 14.3. The van der Waals surface area contributed by atoms with Crippen LogP contribution < -0.4 is 10.9 Å². The topological polar surface area (TPSA) is 64.0 Å². The zero-order valence-electron chi connectivity index (χ0n) is 17.2. The van der Waals surface area contributed by atoms with Crippen LogP contribution in [0.1, 0.15) is 37.6 Å². The third-order valence-corrected chi connectivity index (χ3v) is 7.26. The standard InChI is InChI=1S/C22H24FN3O2S2/c1-12(2)24-18(27)11-29-22-25-20-19(14-9-8-13(3)10-17(14)30-20)21(28)26(22)16-7-5-4-6-15(16)23/h4-7,12-13H,8-11H2,1-3H3,(H,24,27). The molecule has 0 fully saturated rings. The molecule has 1 amide bonds. The van der Waals surface area contributed by atoms with Crippen LogP contribution in [0.5, 0.6) is 0 Å². The van der Waals surface area contributed by atoms with Gasteiger partial charge in [0.05, 0.1) is 16.8 Å². The molecular weight excluding hydrogens is 421 g/mol. The molecule has 158 valence electrons. The molecule has 8 heteroatoms. The van der Waals surface area contributed by atoms with Gasteiger partial charge in [0.25, 0.3) is 5.56 Å². The van der Waals surface area contributed by atoms with Crippen molar-refractivity contribution in [3.63, 3.8) is 0 Å². The minimum Gasteiger partial charge on any atom is -0.353 e. The molecule has 3 aromatic rings. The van der Waals surface area contributed by atoms with Crippen LogP contribution in [-0.4, -0.2) is 27.3 Å². The number of hydrogen-bond donors (Lipinski definition) is 1. The number of carbonyl (C=O) groups excluding carboxylic acids is 1. The molecule has 1 aliphatic rings. The van der Waals surface area contributed by atoms with Crippen molar-refractivity contribution in [1.82, 2.24) is 14.9 Å². The summed E-state index contributed by atoms with van der Waals surface area (Å²) in [5.41, 5.74) is 0.960. The van der Waals surface area contributed by atoms with Crippen LogP contribution >= 0.6 is 23.1 Å². The van der Waals surface area contributed by atoms with Gasteiger partial charge in [-0.25, -0.2) is 9.37 Å². The molecule has 2 heterocycles. The van der Waals surface area contributed by atoms with Gasteiger partial charge < -0.3 is 5.32 Å². The highest BCUT2D eigenvalue weighted by molar-refractivity contribution is 7.99. The second kappa shape index (κ2) is 8.51. The smallest absolute Gasteiger partial charge is 0.267 e. The lowest BCUT2D eigenvalue weighted by Gasteiger charge is -2.18. The molecule has 30 heavy (non-hydrogen) atoms. The number of amides is 1. The van der Waals surface area contributed by atoms with Gasteiger partial charge >= 0.3 is 0 Å². The lowest BCUT2D eigenvalue weighted by Crippen LogP contribution is -2.32. The molecule has 1 aliphatic carbocycles. The molecule has 4 rings (SSSR count). The number of thiophene rings is 1. The van der Waals surface area contributed by atoms with E-state index >= 15 is 0 Å². The molecule has 0 radical (unpaired) electrons. The molecule has 1 unspecified atom stereocenters. The minimum absolute atomic E-state index is 0.0216. The number of benzene rings is 1. The second-order valence-corrected chi connectivity index (χ2v) is 10.1. The third-order valence-electron chi connectivity index (χ3n) is 5.17. The summed E-state index contributed by atoms with van der Waals surface area (Å²) in [6, 6.07) is 6.21. The fourth-order valence-corrected chi connectivity index (χ4v) is 6.05. The van der Waals surface area contributed by atoms with E-state index in [9.17, 15) is 14.0 Å². The summed E-state index contributed by atoms with van der Waals surface area (Å²) >= 11 is 2.71. The Bertz CT molecular complexity index is 1170. The molecule has 0 aliphatic heterocycles. The number of nitrogens with zero attached hydrogens (tertiary/aromatic N) is 2. The van der Waals surface area contributed by atoms with E-state index in [1.807, 2.05) is 13.8 Å². The van der Waals surface area contributed by atoms with Gasteiger partial charge in [-0.15, -0.1) is 11.3 Å². The van der Waals surface area contributed by atoms with Crippen LogP contribution in [-0.2, 0) is 17.6 Å². The van der Waals surface area contributed by atoms with Gasteiger partial charge in [0.15, 0.2) is 5.16 Å². The summed E-state index contributed by atoms with van der Waals surface area (Å²) in [6.45, 7) is 5.99. The van der Waals surface area contributed by atoms with Crippen molar-refractivity contribution in [2.75, 3.05) is 5.75 Å². The summed E-state index contributed by atoms with van der Waals surface area (Å²) in [5, 5.41) is 3.77. The van der Waals surface area contributed by atoms with Crippen LogP contribution in [0, 0.1) is 11.7 Å². The van der Waals surface area contributed by atoms with E-state index < -0.39 is 5.82 Å². The quantitative estimate of drug-likeness (QED) is 0.469. The molecule has 0 saturated heterocycles. The maximum absolute atomic E-state index is 14.6. The van der Waals surface area contributed by atoms with Crippen molar-refractivity contribution >= 4 is 39.2 Å². The Balaban J connectivity index is 1.86. The highest BCUT2D eigenvalue weighted by Crippen LogP contribution is 2.37. The van der Waals surface area contributed by atoms with E-state index in [2.05, 4.69) is 12.2 Å². The van der Waals surface area contributed by atoms with Crippen LogP contribution in [0.2, 0.25) is 0 Å². The summed E-state index contributed by atoms with van der Waals surface area (Å²) in [4.78, 5) is 32.4. The number of aromatic nitrogens is 2. The maximum atomic E-state index is 14.6. The Labute approximate surface area is 182 Å². The average Bonchev–Trinajstić information content (AvgIpc) is 3.04. The number of para-hydroxylation sites is 1. The molecule has 0 saturated carbocycles. The van der Waals surface area contributed by atoms with E-state index in [0.29, 0.717) is 21.3 Å². The van der Waals surface area contributed by atoms with Gasteiger partial charge in [0.1, 0.15) is 10.6 Å². The fourth-order valence-electron chi connectivity index (χ4n) is 3.81. The minimum atomic E-state index is -0.494. The predicted molar refractivity (Wildman–Crippen MR) is 120 cm³/mol. The number of rotatable bonds is 5. The Kier molecular flexibility index (Phi) is 5.97. The Morgan fingerprint density at radius 3 is 2.90 bits per heavy atom. The molecule has 5 nitrogen and oxygen atoms in total.